The maximum atomic E-state index is 6.81. The summed E-state index contributed by atoms with van der Waals surface area (Å²) in [6.07, 6.45) is 0. The van der Waals surface area contributed by atoms with Crippen molar-refractivity contribution in [3.63, 3.8) is 0 Å². The van der Waals surface area contributed by atoms with Gasteiger partial charge in [0.1, 0.15) is 5.52 Å². The van der Waals surface area contributed by atoms with Gasteiger partial charge in [0.05, 0.1) is 5.56 Å². The molecule has 0 aliphatic heterocycles. The molecule has 0 fully saturated rings. The smallest absolute Gasteiger partial charge is 0.227 e. The second-order valence-corrected chi connectivity index (χ2v) is 14.2. The molecule has 0 bridgehead atoms. The van der Waals surface area contributed by atoms with Gasteiger partial charge >= 0.3 is 0 Å². The summed E-state index contributed by atoms with van der Waals surface area (Å²) in [6, 6.07) is 54.7. The van der Waals surface area contributed by atoms with Crippen LogP contribution in [0.5, 0.6) is 0 Å². The van der Waals surface area contributed by atoms with E-state index in [-0.39, 0.29) is 0 Å². The van der Waals surface area contributed by atoms with Gasteiger partial charge in [0, 0.05) is 36.9 Å². The van der Waals surface area contributed by atoms with E-state index in [2.05, 4.69) is 158 Å². The van der Waals surface area contributed by atoms with Crippen LogP contribution in [0.25, 0.3) is 109 Å². The van der Waals surface area contributed by atoms with Crippen molar-refractivity contribution in [1.29, 1.82) is 0 Å². The number of oxazole rings is 1. The third-order valence-electron chi connectivity index (χ3n) is 9.89. The zero-order valence-electron chi connectivity index (χ0n) is 27.6. The van der Waals surface area contributed by atoms with Gasteiger partial charge < -0.3 is 4.42 Å². The maximum Gasteiger partial charge on any atom is 0.227 e. The number of aromatic nitrogens is 4. The van der Waals surface area contributed by atoms with E-state index in [4.69, 9.17) is 24.4 Å². The Morgan fingerprint density at radius 3 is 1.52 bits per heavy atom. The van der Waals surface area contributed by atoms with Gasteiger partial charge in [0.15, 0.2) is 23.1 Å². The van der Waals surface area contributed by atoms with Gasteiger partial charge in [-0.2, -0.15) is 0 Å². The molecule has 242 valence electrons. The lowest BCUT2D eigenvalue weighted by Crippen LogP contribution is -2.01. The summed E-state index contributed by atoms with van der Waals surface area (Å²) in [5.41, 5.74) is 4.97. The van der Waals surface area contributed by atoms with Crippen molar-refractivity contribution in [1.82, 2.24) is 19.9 Å². The molecule has 52 heavy (non-hydrogen) atoms. The number of rotatable bonds is 4. The topological polar surface area (TPSA) is 64.7 Å². The molecular formula is C46H26N4OS. The van der Waals surface area contributed by atoms with E-state index in [0.29, 0.717) is 28.9 Å². The zero-order chi connectivity index (χ0) is 34.2. The summed E-state index contributed by atoms with van der Waals surface area (Å²) in [6.45, 7) is 0. The highest BCUT2D eigenvalue weighted by Gasteiger charge is 2.24. The molecule has 0 unspecified atom stereocenters. The SMILES string of the molecule is c1ccc2cc(-c3nc(-c4ccc5ccccc5c4)nc(-c4c5oc(-c6ccc7ccccc7c6)nc5cc5sc6ccccc6c45)n3)ccc2c1. The zero-order valence-corrected chi connectivity index (χ0v) is 28.4. The maximum absolute atomic E-state index is 6.81. The predicted octanol–water partition coefficient (Wildman–Crippen LogP) is 12.5. The number of nitrogens with zero attached hydrogens (tertiary/aromatic N) is 4. The van der Waals surface area contributed by atoms with Crippen LogP contribution in [-0.4, -0.2) is 19.9 Å². The summed E-state index contributed by atoms with van der Waals surface area (Å²) in [4.78, 5) is 20.8. The Labute approximate surface area is 301 Å². The monoisotopic (exact) mass is 682 g/mol. The van der Waals surface area contributed by atoms with E-state index < -0.39 is 0 Å². The second kappa shape index (κ2) is 11.4. The van der Waals surface area contributed by atoms with Crippen LogP contribution in [0, 0.1) is 0 Å². The number of thiophene rings is 1. The van der Waals surface area contributed by atoms with Crippen LogP contribution in [0.15, 0.2) is 162 Å². The standard InChI is InChI=1S/C46H26N4OS/c1-4-12-30-23-33(20-17-27(30)9-1)43-48-44(34-21-18-28-10-2-5-13-31(28)24-34)50-45(49-43)41-40-36-15-7-8-16-38(36)52-39(40)26-37-42(41)51-46(47-37)35-22-19-29-11-3-6-14-32(29)25-35/h1-26H. The average molecular weight is 683 g/mol. The van der Waals surface area contributed by atoms with Crippen LogP contribution in [0.2, 0.25) is 0 Å². The Balaban J connectivity index is 1.21. The summed E-state index contributed by atoms with van der Waals surface area (Å²) in [5.74, 6) is 2.29. The van der Waals surface area contributed by atoms with Crippen molar-refractivity contribution in [3.05, 3.63) is 158 Å². The lowest BCUT2D eigenvalue weighted by atomic mass is 10.0. The van der Waals surface area contributed by atoms with E-state index in [1.807, 2.05) is 0 Å². The number of hydrogen-bond donors (Lipinski definition) is 0. The van der Waals surface area contributed by atoms with Gasteiger partial charge in [-0.3, -0.25) is 0 Å². The fraction of sp³-hybridized carbons (Fsp3) is 0. The Morgan fingerprint density at radius 1 is 0.404 bits per heavy atom. The molecule has 11 aromatic rings. The molecule has 0 aliphatic carbocycles. The van der Waals surface area contributed by atoms with Crippen LogP contribution in [0.3, 0.4) is 0 Å². The Morgan fingerprint density at radius 2 is 0.904 bits per heavy atom. The molecule has 5 nitrogen and oxygen atoms in total. The molecule has 0 atom stereocenters. The quantitative estimate of drug-likeness (QED) is 0.185. The highest BCUT2D eigenvalue weighted by Crippen LogP contribution is 2.45. The van der Waals surface area contributed by atoms with Crippen molar-refractivity contribution < 1.29 is 4.42 Å². The average Bonchev–Trinajstić information content (AvgIpc) is 3.80. The van der Waals surface area contributed by atoms with E-state index in [1.54, 1.807) is 11.3 Å². The van der Waals surface area contributed by atoms with E-state index in [9.17, 15) is 0 Å². The van der Waals surface area contributed by atoms with E-state index in [0.717, 1.165) is 70.2 Å². The van der Waals surface area contributed by atoms with Crippen LogP contribution in [0.4, 0.5) is 0 Å². The van der Waals surface area contributed by atoms with Crippen molar-refractivity contribution in [3.8, 4) is 45.6 Å². The molecule has 0 spiro atoms. The first-order chi connectivity index (χ1) is 25.7. The molecule has 3 heterocycles. The summed E-state index contributed by atoms with van der Waals surface area (Å²) in [7, 11) is 0. The first kappa shape index (κ1) is 29.0. The third-order valence-corrected chi connectivity index (χ3v) is 11.0. The minimum atomic E-state index is 0.543. The minimum absolute atomic E-state index is 0.543. The third kappa shape index (κ3) is 4.69. The molecule has 6 heteroatoms. The van der Waals surface area contributed by atoms with Gasteiger partial charge in [-0.05, 0) is 68.7 Å². The van der Waals surface area contributed by atoms with Crippen molar-refractivity contribution in [2.75, 3.05) is 0 Å². The molecule has 0 saturated heterocycles. The van der Waals surface area contributed by atoms with Gasteiger partial charge in [-0.15, -0.1) is 11.3 Å². The first-order valence-electron chi connectivity index (χ1n) is 17.2. The van der Waals surface area contributed by atoms with E-state index >= 15 is 0 Å². The molecule has 8 aromatic carbocycles. The van der Waals surface area contributed by atoms with Gasteiger partial charge in [0.2, 0.25) is 5.89 Å². The largest absolute Gasteiger partial charge is 0.435 e. The lowest BCUT2D eigenvalue weighted by Gasteiger charge is -2.11. The molecule has 3 aromatic heterocycles. The van der Waals surface area contributed by atoms with Gasteiger partial charge in [-0.25, -0.2) is 19.9 Å². The molecule has 0 amide bonds. The summed E-state index contributed by atoms with van der Waals surface area (Å²) in [5, 5.41) is 9.05. The molecule has 11 rings (SSSR count). The van der Waals surface area contributed by atoms with Crippen LogP contribution >= 0.6 is 11.3 Å². The summed E-state index contributed by atoms with van der Waals surface area (Å²) >= 11 is 1.74. The van der Waals surface area contributed by atoms with Crippen molar-refractivity contribution in [2.45, 2.75) is 0 Å². The van der Waals surface area contributed by atoms with Crippen molar-refractivity contribution in [2.24, 2.45) is 0 Å². The Kier molecular flexibility index (Phi) is 6.35. The summed E-state index contributed by atoms with van der Waals surface area (Å²) < 4.78 is 9.09. The fourth-order valence-corrected chi connectivity index (χ4v) is 8.48. The number of hydrogen-bond acceptors (Lipinski definition) is 6. The second-order valence-electron chi connectivity index (χ2n) is 13.1. The fourth-order valence-electron chi connectivity index (χ4n) is 7.33. The van der Waals surface area contributed by atoms with E-state index in [1.165, 1.54) is 10.1 Å². The Hall–Kier alpha value is -6.76. The molecule has 0 saturated carbocycles. The normalized spacial score (nSPS) is 11.8. The molecular weight excluding hydrogens is 657 g/mol. The highest BCUT2D eigenvalue weighted by molar-refractivity contribution is 7.26. The van der Waals surface area contributed by atoms with Crippen LogP contribution in [0.1, 0.15) is 0 Å². The predicted molar refractivity (Wildman–Crippen MR) is 215 cm³/mol. The highest BCUT2D eigenvalue weighted by atomic mass is 32.1. The lowest BCUT2D eigenvalue weighted by molar-refractivity contribution is 0.621. The molecule has 0 aliphatic rings. The van der Waals surface area contributed by atoms with Gasteiger partial charge in [0.25, 0.3) is 0 Å². The Bertz CT molecular complexity index is 3120. The number of benzene rings is 8. The number of fused-ring (bicyclic) bond motifs is 7. The molecule has 0 radical (unpaired) electrons. The van der Waals surface area contributed by atoms with Crippen LogP contribution < -0.4 is 0 Å². The van der Waals surface area contributed by atoms with Crippen molar-refractivity contribution >= 4 is 74.9 Å². The van der Waals surface area contributed by atoms with Crippen LogP contribution in [-0.2, 0) is 0 Å². The minimum Gasteiger partial charge on any atom is -0.435 e. The first-order valence-corrected chi connectivity index (χ1v) is 18.0. The molecule has 0 N–H and O–H groups in total. The van der Waals surface area contributed by atoms with Gasteiger partial charge in [-0.1, -0.05) is 121 Å².